The van der Waals surface area contributed by atoms with Crippen molar-refractivity contribution in [2.45, 2.75) is 19.4 Å². The fourth-order valence-electron chi connectivity index (χ4n) is 2.91. The average Bonchev–Trinajstić information content (AvgIpc) is 3.03. The largest absolute Gasteiger partial charge is 0.336 e. The number of halogens is 1. The van der Waals surface area contributed by atoms with Gasteiger partial charge >= 0.3 is 0 Å². The number of carbonyl (C=O) groups is 1. The molecule has 108 valence electrons. The first-order valence-electron chi connectivity index (χ1n) is 6.64. The molecule has 0 radical (unpaired) electrons. The number of hydrogen-bond acceptors (Lipinski definition) is 3. The number of carbonyl (C=O) groups excluding carboxylic acids is 1. The molecule has 2 atom stereocenters. The number of nitrogens with two attached hydrogens (primary N) is 1. The zero-order valence-corrected chi connectivity index (χ0v) is 12.2. The molecule has 1 fully saturated rings. The standard InChI is InChI=1S/C14H18N4O.ClH/c1-9-5-10(6-15)8-18(9)14(19)11-3-2-4-13-12(11)7-16-17-13;/h2-4,7,9-10H,5-6,8,15H2,1H3,(H,16,17);1H. The van der Waals surface area contributed by atoms with E-state index in [0.29, 0.717) is 12.5 Å². The third kappa shape index (κ3) is 2.39. The Kier molecular flexibility index (Phi) is 4.30. The maximum Gasteiger partial charge on any atom is 0.254 e. The van der Waals surface area contributed by atoms with Gasteiger partial charge in [-0.15, -0.1) is 12.4 Å². The minimum absolute atomic E-state index is 0. The van der Waals surface area contributed by atoms with Gasteiger partial charge in [0.2, 0.25) is 0 Å². The lowest BCUT2D eigenvalue weighted by atomic mass is 10.1. The van der Waals surface area contributed by atoms with Crippen LogP contribution in [0.25, 0.3) is 10.9 Å². The summed E-state index contributed by atoms with van der Waals surface area (Å²) < 4.78 is 0. The third-order valence-corrected chi connectivity index (χ3v) is 3.97. The van der Waals surface area contributed by atoms with Crippen molar-refractivity contribution in [3.05, 3.63) is 30.0 Å². The van der Waals surface area contributed by atoms with Gasteiger partial charge in [0.05, 0.1) is 17.3 Å². The molecule has 0 bridgehead atoms. The molecular formula is C14H19ClN4O. The van der Waals surface area contributed by atoms with Crippen LogP contribution in [0, 0.1) is 5.92 Å². The molecule has 5 nitrogen and oxygen atoms in total. The monoisotopic (exact) mass is 294 g/mol. The van der Waals surface area contributed by atoms with Gasteiger partial charge in [-0.1, -0.05) is 6.07 Å². The predicted octanol–water partition coefficient (Wildman–Crippen LogP) is 1.79. The zero-order valence-electron chi connectivity index (χ0n) is 11.4. The van der Waals surface area contributed by atoms with Gasteiger partial charge in [0.15, 0.2) is 0 Å². The number of likely N-dealkylation sites (tertiary alicyclic amines) is 1. The molecule has 2 unspecified atom stereocenters. The molecule has 1 saturated heterocycles. The molecular weight excluding hydrogens is 276 g/mol. The minimum atomic E-state index is 0. The van der Waals surface area contributed by atoms with Crippen LogP contribution in [-0.2, 0) is 0 Å². The van der Waals surface area contributed by atoms with Crippen LogP contribution in [0.3, 0.4) is 0 Å². The summed E-state index contributed by atoms with van der Waals surface area (Å²) in [5.74, 6) is 0.498. The molecule has 0 spiro atoms. The molecule has 0 saturated carbocycles. The molecule has 1 aromatic heterocycles. The van der Waals surface area contributed by atoms with Gasteiger partial charge in [-0.3, -0.25) is 9.89 Å². The van der Waals surface area contributed by atoms with Gasteiger partial charge in [-0.05, 0) is 37.9 Å². The number of aromatic nitrogens is 2. The Morgan fingerprint density at radius 3 is 3.05 bits per heavy atom. The van der Waals surface area contributed by atoms with E-state index in [-0.39, 0.29) is 24.4 Å². The molecule has 2 heterocycles. The summed E-state index contributed by atoms with van der Waals surface area (Å²) in [6, 6.07) is 5.93. The molecule has 6 heteroatoms. The van der Waals surface area contributed by atoms with Crippen molar-refractivity contribution in [1.82, 2.24) is 15.1 Å². The summed E-state index contributed by atoms with van der Waals surface area (Å²) in [5, 5.41) is 7.79. The summed E-state index contributed by atoms with van der Waals surface area (Å²) in [6.45, 7) is 3.48. The minimum Gasteiger partial charge on any atom is -0.336 e. The number of hydrogen-bond donors (Lipinski definition) is 2. The number of nitrogens with one attached hydrogen (secondary N) is 1. The van der Waals surface area contributed by atoms with Crippen molar-refractivity contribution in [2.24, 2.45) is 11.7 Å². The average molecular weight is 295 g/mol. The maximum atomic E-state index is 12.7. The topological polar surface area (TPSA) is 75.0 Å². The van der Waals surface area contributed by atoms with Crippen molar-refractivity contribution in [3.63, 3.8) is 0 Å². The Balaban J connectivity index is 0.00000147. The van der Waals surface area contributed by atoms with Crippen LogP contribution in [0.1, 0.15) is 23.7 Å². The molecule has 3 rings (SSSR count). The van der Waals surface area contributed by atoms with Gasteiger partial charge in [0, 0.05) is 18.0 Å². The van der Waals surface area contributed by atoms with E-state index >= 15 is 0 Å². The number of amides is 1. The van der Waals surface area contributed by atoms with E-state index in [1.54, 1.807) is 6.20 Å². The lowest BCUT2D eigenvalue weighted by molar-refractivity contribution is 0.0745. The van der Waals surface area contributed by atoms with Crippen LogP contribution in [0.5, 0.6) is 0 Å². The van der Waals surface area contributed by atoms with Gasteiger partial charge in [-0.25, -0.2) is 0 Å². The molecule has 20 heavy (non-hydrogen) atoms. The second-order valence-corrected chi connectivity index (χ2v) is 5.28. The highest BCUT2D eigenvalue weighted by molar-refractivity contribution is 6.06. The Bertz CT molecular complexity index is 612. The third-order valence-electron chi connectivity index (χ3n) is 3.97. The van der Waals surface area contributed by atoms with Crippen LogP contribution in [0.15, 0.2) is 24.4 Å². The van der Waals surface area contributed by atoms with Gasteiger partial charge < -0.3 is 10.6 Å². The Hall–Kier alpha value is -1.59. The summed E-state index contributed by atoms with van der Waals surface area (Å²) in [7, 11) is 0. The van der Waals surface area contributed by atoms with Gasteiger partial charge in [0.1, 0.15) is 0 Å². The summed E-state index contributed by atoms with van der Waals surface area (Å²) in [6.07, 6.45) is 2.70. The second kappa shape index (κ2) is 5.81. The number of benzene rings is 1. The van der Waals surface area contributed by atoms with Crippen LogP contribution in [0.4, 0.5) is 0 Å². The van der Waals surface area contributed by atoms with Crippen LogP contribution in [0.2, 0.25) is 0 Å². The molecule has 1 amide bonds. The van der Waals surface area contributed by atoms with Crippen molar-refractivity contribution >= 4 is 29.2 Å². The van der Waals surface area contributed by atoms with Crippen LogP contribution >= 0.6 is 12.4 Å². The smallest absolute Gasteiger partial charge is 0.254 e. The normalized spacial score (nSPS) is 22.0. The second-order valence-electron chi connectivity index (χ2n) is 5.28. The van der Waals surface area contributed by atoms with E-state index in [2.05, 4.69) is 17.1 Å². The molecule has 2 aromatic rings. The lowest BCUT2D eigenvalue weighted by Crippen LogP contribution is -2.34. The molecule has 0 aliphatic carbocycles. The number of aromatic amines is 1. The van der Waals surface area contributed by atoms with E-state index in [0.717, 1.165) is 29.4 Å². The Morgan fingerprint density at radius 2 is 2.35 bits per heavy atom. The fourth-order valence-corrected chi connectivity index (χ4v) is 2.91. The van der Waals surface area contributed by atoms with Crippen molar-refractivity contribution in [1.29, 1.82) is 0 Å². The van der Waals surface area contributed by atoms with Crippen molar-refractivity contribution in [3.8, 4) is 0 Å². The first-order valence-corrected chi connectivity index (χ1v) is 6.64. The number of rotatable bonds is 2. The number of H-pyrrole nitrogens is 1. The zero-order chi connectivity index (χ0) is 13.4. The van der Waals surface area contributed by atoms with Gasteiger partial charge in [-0.2, -0.15) is 5.10 Å². The molecule has 1 aliphatic heterocycles. The van der Waals surface area contributed by atoms with Crippen LogP contribution < -0.4 is 5.73 Å². The first kappa shape index (κ1) is 14.8. The predicted molar refractivity (Wildman–Crippen MR) is 81.0 cm³/mol. The van der Waals surface area contributed by atoms with Gasteiger partial charge in [0.25, 0.3) is 5.91 Å². The first-order chi connectivity index (χ1) is 9.20. The van der Waals surface area contributed by atoms with E-state index < -0.39 is 0 Å². The number of nitrogens with zero attached hydrogens (tertiary/aromatic N) is 2. The summed E-state index contributed by atoms with van der Waals surface area (Å²) in [4.78, 5) is 14.6. The summed E-state index contributed by atoms with van der Waals surface area (Å²) >= 11 is 0. The maximum absolute atomic E-state index is 12.7. The highest BCUT2D eigenvalue weighted by atomic mass is 35.5. The Morgan fingerprint density at radius 1 is 1.55 bits per heavy atom. The number of fused-ring (bicyclic) bond motifs is 1. The molecule has 3 N–H and O–H groups in total. The highest BCUT2D eigenvalue weighted by Gasteiger charge is 2.32. The Labute approximate surface area is 123 Å². The lowest BCUT2D eigenvalue weighted by Gasteiger charge is -2.21. The van der Waals surface area contributed by atoms with E-state index in [4.69, 9.17) is 5.73 Å². The molecule has 1 aromatic carbocycles. The van der Waals surface area contributed by atoms with E-state index in [9.17, 15) is 4.79 Å². The van der Waals surface area contributed by atoms with Crippen LogP contribution in [-0.4, -0.2) is 40.1 Å². The van der Waals surface area contributed by atoms with E-state index in [1.165, 1.54) is 0 Å². The highest BCUT2D eigenvalue weighted by Crippen LogP contribution is 2.26. The summed E-state index contributed by atoms with van der Waals surface area (Å²) in [5.41, 5.74) is 7.33. The fraction of sp³-hybridized carbons (Fsp3) is 0.429. The SMILES string of the molecule is CC1CC(CN)CN1C(=O)c1cccc2[nH]ncc12.Cl. The molecule has 1 aliphatic rings. The quantitative estimate of drug-likeness (QED) is 0.887. The van der Waals surface area contributed by atoms with Crippen molar-refractivity contribution in [2.75, 3.05) is 13.1 Å². The van der Waals surface area contributed by atoms with Crippen molar-refractivity contribution < 1.29 is 4.79 Å². The van der Waals surface area contributed by atoms with E-state index in [1.807, 2.05) is 23.1 Å².